The van der Waals surface area contributed by atoms with Crippen molar-refractivity contribution in [1.29, 1.82) is 0 Å². The van der Waals surface area contributed by atoms with Crippen LogP contribution < -0.4 is 5.32 Å². The van der Waals surface area contributed by atoms with Crippen molar-refractivity contribution < 1.29 is 9.18 Å². The molecule has 2 heterocycles. The van der Waals surface area contributed by atoms with Gasteiger partial charge in [0.2, 0.25) is 5.91 Å². The molecule has 1 amide bonds. The molecule has 0 aliphatic carbocycles. The summed E-state index contributed by atoms with van der Waals surface area (Å²) in [5.74, 6) is 0.151. The molecule has 0 saturated heterocycles. The zero-order valence-corrected chi connectivity index (χ0v) is 15.4. The Morgan fingerprint density at radius 3 is 2.82 bits per heavy atom. The van der Waals surface area contributed by atoms with Crippen molar-refractivity contribution >= 4 is 16.9 Å². The van der Waals surface area contributed by atoms with Crippen LogP contribution in [0.5, 0.6) is 0 Å². The van der Waals surface area contributed by atoms with E-state index in [4.69, 9.17) is 0 Å². The summed E-state index contributed by atoms with van der Waals surface area (Å²) in [4.78, 5) is 21.4. The van der Waals surface area contributed by atoms with Gasteiger partial charge in [-0.3, -0.25) is 4.79 Å². The Kier molecular flexibility index (Phi) is 4.89. The minimum atomic E-state index is -0.525. The number of nitrogens with zero attached hydrogens (tertiary/aromatic N) is 4. The number of benzene rings is 2. The Balaban J connectivity index is 1.52. The second kappa shape index (κ2) is 7.64. The van der Waals surface area contributed by atoms with Crippen molar-refractivity contribution in [3.8, 4) is 0 Å². The molecule has 2 aromatic heterocycles. The Morgan fingerprint density at radius 2 is 2.04 bits per heavy atom. The first-order chi connectivity index (χ1) is 13.6. The van der Waals surface area contributed by atoms with Crippen molar-refractivity contribution in [2.24, 2.45) is 7.05 Å². The van der Waals surface area contributed by atoms with Crippen LogP contribution in [0.15, 0.2) is 67.3 Å². The first-order valence-corrected chi connectivity index (χ1v) is 9.04. The lowest BCUT2D eigenvalue weighted by molar-refractivity contribution is -0.121. The lowest BCUT2D eigenvalue weighted by Gasteiger charge is -2.19. The zero-order chi connectivity index (χ0) is 19.5. The normalized spacial score (nSPS) is 12.2. The number of amides is 1. The molecule has 0 spiro atoms. The van der Waals surface area contributed by atoms with Crippen LogP contribution in [0.3, 0.4) is 0 Å². The van der Waals surface area contributed by atoms with Crippen LogP contribution in [-0.4, -0.2) is 25.0 Å². The summed E-state index contributed by atoms with van der Waals surface area (Å²) in [5, 5.41) is 2.99. The largest absolute Gasteiger partial charge is 0.342 e. The predicted molar refractivity (Wildman–Crippen MR) is 104 cm³/mol. The molecule has 4 rings (SSSR count). The van der Waals surface area contributed by atoms with Crippen LogP contribution >= 0.6 is 0 Å². The summed E-state index contributed by atoms with van der Waals surface area (Å²) in [6, 6.07) is 13.5. The molecule has 142 valence electrons. The number of nitrogens with one attached hydrogen (secondary N) is 1. The van der Waals surface area contributed by atoms with E-state index in [9.17, 15) is 9.18 Å². The van der Waals surface area contributed by atoms with Crippen LogP contribution in [0.25, 0.3) is 11.0 Å². The number of imidazole rings is 2. The average molecular weight is 377 g/mol. The predicted octanol–water partition coefficient (Wildman–Crippen LogP) is 3.20. The van der Waals surface area contributed by atoms with Crippen LogP contribution in [0.1, 0.15) is 23.9 Å². The number of hydrogen-bond donors (Lipinski definition) is 1. The second-order valence-corrected chi connectivity index (χ2v) is 6.63. The molecule has 6 nitrogen and oxygen atoms in total. The maximum atomic E-state index is 13.7. The van der Waals surface area contributed by atoms with Crippen molar-refractivity contribution in [3.05, 3.63) is 84.5 Å². The van der Waals surface area contributed by atoms with Gasteiger partial charge in [0.25, 0.3) is 0 Å². The summed E-state index contributed by atoms with van der Waals surface area (Å²) in [7, 11) is 1.85. The number of aromatic nitrogens is 4. The van der Waals surface area contributed by atoms with Gasteiger partial charge in [0.1, 0.15) is 17.7 Å². The molecule has 0 radical (unpaired) electrons. The highest BCUT2D eigenvalue weighted by molar-refractivity contribution is 5.78. The van der Waals surface area contributed by atoms with Gasteiger partial charge < -0.3 is 14.5 Å². The molecule has 0 fully saturated rings. The van der Waals surface area contributed by atoms with Crippen molar-refractivity contribution in [2.75, 3.05) is 0 Å². The number of para-hydroxylation sites is 2. The van der Waals surface area contributed by atoms with E-state index in [2.05, 4.69) is 15.3 Å². The highest BCUT2D eigenvalue weighted by Gasteiger charge is 2.21. The molecule has 0 saturated carbocycles. The van der Waals surface area contributed by atoms with Crippen LogP contribution in [0.2, 0.25) is 0 Å². The van der Waals surface area contributed by atoms with Crippen LogP contribution in [0, 0.1) is 5.82 Å². The third kappa shape index (κ3) is 3.64. The Hall–Kier alpha value is -3.48. The molecular weight excluding hydrogens is 357 g/mol. The molecule has 7 heteroatoms. The van der Waals surface area contributed by atoms with E-state index in [1.807, 2.05) is 40.4 Å². The minimum Gasteiger partial charge on any atom is -0.342 e. The number of halogens is 1. The van der Waals surface area contributed by atoms with Crippen LogP contribution in [0.4, 0.5) is 4.39 Å². The van der Waals surface area contributed by atoms with Gasteiger partial charge in [-0.2, -0.15) is 0 Å². The van der Waals surface area contributed by atoms with E-state index in [0.717, 1.165) is 11.0 Å². The van der Waals surface area contributed by atoms with Gasteiger partial charge in [-0.05, 0) is 29.8 Å². The minimum absolute atomic E-state index is 0.143. The maximum Gasteiger partial charge on any atom is 0.222 e. The molecule has 0 aliphatic rings. The number of carbonyl (C=O) groups excluding carboxylic acids is 1. The molecular formula is C21H20FN5O. The summed E-state index contributed by atoms with van der Waals surface area (Å²) in [6.07, 6.45) is 5.47. The molecule has 1 N–H and O–H groups in total. The fourth-order valence-corrected chi connectivity index (χ4v) is 3.28. The molecule has 2 aromatic carbocycles. The highest BCUT2D eigenvalue weighted by Crippen LogP contribution is 2.21. The Bertz CT molecular complexity index is 1120. The smallest absolute Gasteiger partial charge is 0.222 e. The molecule has 0 aliphatic heterocycles. The fourth-order valence-electron chi connectivity index (χ4n) is 3.28. The number of carbonyl (C=O) groups is 1. The van der Waals surface area contributed by atoms with Crippen molar-refractivity contribution in [1.82, 2.24) is 24.4 Å². The zero-order valence-electron chi connectivity index (χ0n) is 15.4. The molecule has 28 heavy (non-hydrogen) atoms. The van der Waals surface area contributed by atoms with Gasteiger partial charge in [-0.25, -0.2) is 14.4 Å². The number of rotatable bonds is 6. The first-order valence-electron chi connectivity index (χ1n) is 9.04. The Labute approximate surface area is 161 Å². The van der Waals surface area contributed by atoms with Gasteiger partial charge in [0.15, 0.2) is 0 Å². The topological polar surface area (TPSA) is 64.7 Å². The lowest BCUT2D eigenvalue weighted by atomic mass is 10.1. The monoisotopic (exact) mass is 377 g/mol. The SMILES string of the molecule is Cn1ccnc1[C@H](NC(=O)CCn1cnc2ccccc21)c1cccc(F)c1. The Morgan fingerprint density at radius 1 is 1.18 bits per heavy atom. The van der Waals surface area contributed by atoms with Gasteiger partial charge in [-0.15, -0.1) is 0 Å². The molecule has 1 atom stereocenters. The first kappa shape index (κ1) is 17.9. The molecule has 0 bridgehead atoms. The number of fused-ring (bicyclic) bond motifs is 1. The summed E-state index contributed by atoms with van der Waals surface area (Å²) in [5.41, 5.74) is 2.53. The fraction of sp³-hybridized carbons (Fsp3) is 0.190. The molecule has 0 unspecified atom stereocenters. The van der Waals surface area contributed by atoms with Gasteiger partial charge in [0, 0.05) is 32.4 Å². The van der Waals surface area contributed by atoms with E-state index in [-0.39, 0.29) is 18.1 Å². The van der Waals surface area contributed by atoms with Crippen molar-refractivity contribution in [2.45, 2.75) is 19.0 Å². The van der Waals surface area contributed by atoms with Crippen LogP contribution in [-0.2, 0) is 18.4 Å². The average Bonchev–Trinajstić information content (AvgIpc) is 3.30. The summed E-state index contributed by atoms with van der Waals surface area (Å²) < 4.78 is 17.5. The third-order valence-corrected chi connectivity index (χ3v) is 4.71. The maximum absolute atomic E-state index is 13.7. The lowest BCUT2D eigenvalue weighted by Crippen LogP contribution is -2.31. The van der Waals surface area contributed by atoms with E-state index >= 15 is 0 Å². The van der Waals surface area contributed by atoms with Gasteiger partial charge >= 0.3 is 0 Å². The van der Waals surface area contributed by atoms with E-state index in [1.165, 1.54) is 12.1 Å². The molecule has 4 aromatic rings. The van der Waals surface area contributed by atoms with Gasteiger partial charge in [-0.1, -0.05) is 24.3 Å². The standard InChI is InChI=1S/C21H20FN5O/c1-26-12-10-23-21(26)20(15-5-4-6-16(22)13-15)25-19(28)9-11-27-14-24-17-7-2-3-8-18(17)27/h2-8,10,12-14,20H,9,11H2,1H3,(H,25,28)/t20-/m1/s1. The quantitative estimate of drug-likeness (QED) is 0.561. The van der Waals surface area contributed by atoms with Gasteiger partial charge in [0.05, 0.1) is 17.4 Å². The van der Waals surface area contributed by atoms with E-state index in [0.29, 0.717) is 17.9 Å². The third-order valence-electron chi connectivity index (χ3n) is 4.71. The number of aryl methyl sites for hydroxylation is 2. The second-order valence-electron chi connectivity index (χ2n) is 6.63. The summed E-state index contributed by atoms with van der Waals surface area (Å²) >= 11 is 0. The van der Waals surface area contributed by atoms with E-state index < -0.39 is 6.04 Å². The van der Waals surface area contributed by atoms with Crippen molar-refractivity contribution in [3.63, 3.8) is 0 Å². The van der Waals surface area contributed by atoms with E-state index in [1.54, 1.807) is 30.9 Å². The number of hydrogen-bond acceptors (Lipinski definition) is 3. The highest BCUT2D eigenvalue weighted by atomic mass is 19.1. The summed E-state index contributed by atoms with van der Waals surface area (Å²) in [6.45, 7) is 0.503.